The lowest BCUT2D eigenvalue weighted by Gasteiger charge is -2.35. The summed E-state index contributed by atoms with van der Waals surface area (Å²) in [7, 11) is 3.36. The number of amides is 1. The first-order valence-corrected chi connectivity index (χ1v) is 10.6. The van der Waals surface area contributed by atoms with E-state index in [-0.39, 0.29) is 5.91 Å². The molecule has 2 fully saturated rings. The molecule has 7 heteroatoms. The lowest BCUT2D eigenvalue weighted by molar-refractivity contribution is 0.0627. The second-order valence-electron chi connectivity index (χ2n) is 7.81. The lowest BCUT2D eigenvalue weighted by Crippen LogP contribution is -2.48. The molecule has 2 saturated heterocycles. The Morgan fingerprint density at radius 2 is 1.77 bits per heavy atom. The van der Waals surface area contributed by atoms with E-state index in [9.17, 15) is 4.79 Å². The molecule has 1 amide bonds. The van der Waals surface area contributed by atoms with Crippen LogP contribution in [0.1, 0.15) is 28.8 Å². The van der Waals surface area contributed by atoms with Crippen molar-refractivity contribution in [2.45, 2.75) is 19.4 Å². The minimum absolute atomic E-state index is 0.0867. The number of anilines is 1. The number of ether oxygens (including phenoxy) is 2. The molecule has 0 aliphatic carbocycles. The van der Waals surface area contributed by atoms with Crippen LogP contribution in [-0.2, 0) is 6.54 Å². The van der Waals surface area contributed by atoms with E-state index < -0.39 is 0 Å². The maximum atomic E-state index is 13.2. The summed E-state index contributed by atoms with van der Waals surface area (Å²) in [4.78, 5) is 24.3. The topological polar surface area (TPSA) is 58.1 Å². The lowest BCUT2D eigenvalue weighted by atomic mass is 10.1. The summed E-state index contributed by atoms with van der Waals surface area (Å²) < 4.78 is 10.9. The molecule has 0 unspecified atom stereocenters. The highest BCUT2D eigenvalue weighted by molar-refractivity contribution is 5.99. The molecular formula is C23H30N4O3. The Bertz CT molecular complexity index is 875. The first kappa shape index (κ1) is 20.5. The van der Waals surface area contributed by atoms with Crippen LogP contribution in [0, 0.1) is 0 Å². The van der Waals surface area contributed by atoms with Gasteiger partial charge in [-0.25, -0.2) is 4.98 Å². The van der Waals surface area contributed by atoms with E-state index in [1.807, 2.05) is 35.2 Å². The number of rotatable bonds is 6. The highest BCUT2D eigenvalue weighted by atomic mass is 16.5. The molecule has 0 saturated carbocycles. The quantitative estimate of drug-likeness (QED) is 0.730. The average Bonchev–Trinajstić information content (AvgIpc) is 3.34. The van der Waals surface area contributed by atoms with Crippen LogP contribution < -0.4 is 14.4 Å². The van der Waals surface area contributed by atoms with Crippen LogP contribution in [0.5, 0.6) is 11.5 Å². The molecule has 0 radical (unpaired) electrons. The number of carbonyl (C=O) groups is 1. The normalized spacial score (nSPS) is 17.3. The molecule has 1 aromatic carbocycles. The Morgan fingerprint density at radius 3 is 2.47 bits per heavy atom. The number of aromatic nitrogens is 1. The zero-order valence-electron chi connectivity index (χ0n) is 17.8. The Morgan fingerprint density at radius 1 is 1.00 bits per heavy atom. The number of nitrogens with zero attached hydrogens (tertiary/aromatic N) is 4. The molecule has 7 nitrogen and oxygen atoms in total. The van der Waals surface area contributed by atoms with Crippen LogP contribution in [0.15, 0.2) is 36.5 Å². The van der Waals surface area contributed by atoms with Gasteiger partial charge in [-0.2, -0.15) is 0 Å². The van der Waals surface area contributed by atoms with Gasteiger partial charge in [-0.05, 0) is 43.2 Å². The second-order valence-corrected chi connectivity index (χ2v) is 7.81. The molecule has 0 bridgehead atoms. The number of hydrogen-bond acceptors (Lipinski definition) is 6. The predicted octanol–water partition coefficient (Wildman–Crippen LogP) is 2.66. The third-order valence-corrected chi connectivity index (χ3v) is 5.96. The summed E-state index contributed by atoms with van der Waals surface area (Å²) in [6.45, 7) is 5.80. The number of piperazine rings is 1. The Kier molecular flexibility index (Phi) is 6.38. The largest absolute Gasteiger partial charge is 0.497 e. The second kappa shape index (κ2) is 9.34. The Hall–Kier alpha value is -2.80. The summed E-state index contributed by atoms with van der Waals surface area (Å²) in [5, 5.41) is 0. The van der Waals surface area contributed by atoms with Gasteiger partial charge in [0.2, 0.25) is 0 Å². The number of pyridine rings is 1. The van der Waals surface area contributed by atoms with Gasteiger partial charge in [0.15, 0.2) is 0 Å². The van der Waals surface area contributed by atoms with Gasteiger partial charge in [0.1, 0.15) is 17.3 Å². The van der Waals surface area contributed by atoms with Crippen molar-refractivity contribution in [1.82, 2.24) is 14.8 Å². The molecule has 160 valence electrons. The average molecular weight is 411 g/mol. The van der Waals surface area contributed by atoms with Crippen LogP contribution >= 0.6 is 0 Å². The molecule has 3 heterocycles. The molecule has 0 N–H and O–H groups in total. The van der Waals surface area contributed by atoms with Crippen molar-refractivity contribution in [2.75, 3.05) is 58.4 Å². The fourth-order valence-electron chi connectivity index (χ4n) is 4.27. The highest BCUT2D eigenvalue weighted by Crippen LogP contribution is 2.27. The van der Waals surface area contributed by atoms with Gasteiger partial charge >= 0.3 is 0 Å². The van der Waals surface area contributed by atoms with Crippen molar-refractivity contribution < 1.29 is 14.3 Å². The van der Waals surface area contributed by atoms with Crippen molar-refractivity contribution in [3.8, 4) is 11.5 Å². The minimum Gasteiger partial charge on any atom is -0.497 e. The number of hydrogen-bond donors (Lipinski definition) is 0. The van der Waals surface area contributed by atoms with Crippen LogP contribution in [-0.4, -0.2) is 74.2 Å². The zero-order chi connectivity index (χ0) is 20.9. The van der Waals surface area contributed by atoms with Crippen molar-refractivity contribution in [3.63, 3.8) is 0 Å². The molecule has 0 spiro atoms. The summed E-state index contributed by atoms with van der Waals surface area (Å²) in [6.07, 6.45) is 4.11. The summed E-state index contributed by atoms with van der Waals surface area (Å²) in [5.74, 6) is 2.61. The van der Waals surface area contributed by atoms with Crippen molar-refractivity contribution in [3.05, 3.63) is 47.7 Å². The number of carbonyl (C=O) groups excluding carboxylic acids is 1. The summed E-state index contributed by atoms with van der Waals surface area (Å²) >= 11 is 0. The van der Waals surface area contributed by atoms with E-state index in [4.69, 9.17) is 9.47 Å². The summed E-state index contributed by atoms with van der Waals surface area (Å²) in [6, 6.07) is 9.64. The first-order chi connectivity index (χ1) is 14.7. The first-order valence-electron chi connectivity index (χ1n) is 10.6. The standard InChI is InChI=1S/C23H30N4O3/c1-29-19-7-8-21(30-2)18(16-19)17-25-12-14-27(15-13-25)23(28)20-6-5-9-24-22(20)26-10-3-4-11-26/h5-9,16H,3-4,10-15,17H2,1-2H3. The fraction of sp³-hybridized carbons (Fsp3) is 0.478. The van der Waals surface area contributed by atoms with Crippen LogP contribution in [0.3, 0.4) is 0 Å². The van der Waals surface area contributed by atoms with Crippen molar-refractivity contribution in [1.29, 1.82) is 0 Å². The van der Waals surface area contributed by atoms with E-state index >= 15 is 0 Å². The van der Waals surface area contributed by atoms with Gasteiger partial charge in [-0.1, -0.05) is 0 Å². The molecule has 2 aliphatic heterocycles. The smallest absolute Gasteiger partial charge is 0.257 e. The third kappa shape index (κ3) is 4.36. The van der Waals surface area contributed by atoms with Crippen LogP contribution in [0.25, 0.3) is 0 Å². The SMILES string of the molecule is COc1ccc(OC)c(CN2CCN(C(=O)c3cccnc3N3CCCC3)CC2)c1. The number of methoxy groups -OCH3 is 2. The molecule has 2 aromatic rings. The van der Waals surface area contributed by atoms with E-state index in [1.54, 1.807) is 20.4 Å². The van der Waals surface area contributed by atoms with E-state index in [0.29, 0.717) is 13.1 Å². The third-order valence-electron chi connectivity index (χ3n) is 5.96. The van der Waals surface area contributed by atoms with Crippen molar-refractivity contribution in [2.24, 2.45) is 0 Å². The monoisotopic (exact) mass is 410 g/mol. The highest BCUT2D eigenvalue weighted by Gasteiger charge is 2.27. The van der Waals surface area contributed by atoms with E-state index in [1.165, 1.54) is 0 Å². The molecule has 2 aliphatic rings. The summed E-state index contributed by atoms with van der Waals surface area (Å²) in [5.41, 5.74) is 1.82. The van der Waals surface area contributed by atoms with Gasteiger partial charge in [0, 0.05) is 57.6 Å². The van der Waals surface area contributed by atoms with Crippen LogP contribution in [0.4, 0.5) is 5.82 Å². The van der Waals surface area contributed by atoms with Gasteiger partial charge < -0.3 is 19.3 Å². The molecule has 0 atom stereocenters. The fourth-order valence-corrected chi connectivity index (χ4v) is 4.27. The molecule has 4 rings (SSSR count). The maximum absolute atomic E-state index is 13.2. The Balaban J connectivity index is 1.40. The van der Waals surface area contributed by atoms with Gasteiger partial charge in [0.05, 0.1) is 19.8 Å². The predicted molar refractivity (Wildman–Crippen MR) is 116 cm³/mol. The van der Waals surface area contributed by atoms with E-state index in [0.717, 1.165) is 74.0 Å². The molecule has 1 aromatic heterocycles. The number of benzene rings is 1. The maximum Gasteiger partial charge on any atom is 0.257 e. The van der Waals surface area contributed by atoms with Gasteiger partial charge in [-0.3, -0.25) is 9.69 Å². The zero-order valence-corrected chi connectivity index (χ0v) is 17.8. The molecule has 30 heavy (non-hydrogen) atoms. The Labute approximate surface area is 178 Å². The minimum atomic E-state index is 0.0867. The van der Waals surface area contributed by atoms with E-state index in [2.05, 4.69) is 14.8 Å². The van der Waals surface area contributed by atoms with Gasteiger partial charge in [0.25, 0.3) is 5.91 Å². The molecular weight excluding hydrogens is 380 g/mol. The van der Waals surface area contributed by atoms with Crippen molar-refractivity contribution >= 4 is 11.7 Å². The van der Waals surface area contributed by atoms with Crippen LogP contribution in [0.2, 0.25) is 0 Å². The van der Waals surface area contributed by atoms with Gasteiger partial charge in [-0.15, -0.1) is 0 Å².